The molecule has 0 spiro atoms. The van der Waals surface area contributed by atoms with E-state index in [4.69, 9.17) is 21.1 Å². The molecule has 0 bridgehead atoms. The number of ether oxygens (including phenoxy) is 2. The van der Waals surface area contributed by atoms with Crippen LogP contribution in [0.25, 0.3) is 0 Å². The summed E-state index contributed by atoms with van der Waals surface area (Å²) in [5.41, 5.74) is 0. The van der Waals surface area contributed by atoms with Gasteiger partial charge in [0.1, 0.15) is 12.4 Å². The van der Waals surface area contributed by atoms with E-state index in [0.717, 1.165) is 4.90 Å². The fourth-order valence-corrected chi connectivity index (χ4v) is 1.20. The molecule has 1 aromatic carbocycles. The van der Waals surface area contributed by atoms with Crippen molar-refractivity contribution in [2.24, 2.45) is 0 Å². The van der Waals surface area contributed by atoms with Gasteiger partial charge >= 0.3 is 0 Å². The molecule has 1 aromatic rings. The maximum Gasteiger partial charge on any atom is 0.139 e. The Morgan fingerprint density at radius 3 is 2.85 bits per heavy atom. The summed E-state index contributed by atoms with van der Waals surface area (Å²) in [4.78, 5) is 0.830. The largest absolute Gasteiger partial charge is 0.490 e. The first-order chi connectivity index (χ1) is 6.24. The highest BCUT2D eigenvalue weighted by atomic mass is 35.5. The van der Waals surface area contributed by atoms with E-state index in [9.17, 15) is 0 Å². The van der Waals surface area contributed by atoms with Crippen LogP contribution < -0.4 is 4.74 Å². The van der Waals surface area contributed by atoms with Crippen LogP contribution in [0.1, 0.15) is 0 Å². The predicted molar refractivity (Wildman–Crippen MR) is 56.1 cm³/mol. The highest BCUT2D eigenvalue weighted by molar-refractivity contribution is 7.80. The summed E-state index contributed by atoms with van der Waals surface area (Å²) < 4.78 is 10.2. The average Bonchev–Trinajstić information content (AvgIpc) is 2.11. The molecular weight excluding hydrogens is 208 g/mol. The van der Waals surface area contributed by atoms with Gasteiger partial charge < -0.3 is 9.47 Å². The molecule has 0 heterocycles. The molecule has 0 aliphatic rings. The highest BCUT2D eigenvalue weighted by Gasteiger charge is 2.00. The van der Waals surface area contributed by atoms with E-state index in [0.29, 0.717) is 24.0 Å². The molecule has 4 heteroatoms. The van der Waals surface area contributed by atoms with Crippen molar-refractivity contribution in [1.29, 1.82) is 0 Å². The van der Waals surface area contributed by atoms with Crippen LogP contribution in [0.3, 0.4) is 0 Å². The van der Waals surface area contributed by atoms with Crippen LogP contribution in [0.4, 0.5) is 0 Å². The van der Waals surface area contributed by atoms with Gasteiger partial charge in [-0.05, 0) is 18.2 Å². The first kappa shape index (κ1) is 10.7. The lowest BCUT2D eigenvalue weighted by atomic mass is 10.3. The molecule has 0 amide bonds. The van der Waals surface area contributed by atoms with Gasteiger partial charge in [-0.1, -0.05) is 11.6 Å². The third-order valence-corrected chi connectivity index (χ3v) is 2.05. The van der Waals surface area contributed by atoms with Gasteiger partial charge in [0.25, 0.3) is 0 Å². The molecule has 0 radical (unpaired) electrons. The molecule has 0 saturated carbocycles. The topological polar surface area (TPSA) is 18.5 Å². The molecule has 0 aromatic heterocycles. The summed E-state index contributed by atoms with van der Waals surface area (Å²) in [6, 6.07) is 5.35. The fourth-order valence-electron chi connectivity index (χ4n) is 0.838. The zero-order valence-corrected chi connectivity index (χ0v) is 8.94. The zero-order valence-electron chi connectivity index (χ0n) is 7.29. The van der Waals surface area contributed by atoms with Crippen molar-refractivity contribution in [2.45, 2.75) is 4.90 Å². The third kappa shape index (κ3) is 3.46. The van der Waals surface area contributed by atoms with Gasteiger partial charge in [0.05, 0.1) is 11.6 Å². The minimum atomic E-state index is 0.494. The normalized spacial score (nSPS) is 10.1. The summed E-state index contributed by atoms with van der Waals surface area (Å²) in [6.07, 6.45) is 0. The van der Waals surface area contributed by atoms with Crippen molar-refractivity contribution in [3.05, 3.63) is 23.2 Å². The van der Waals surface area contributed by atoms with E-state index < -0.39 is 0 Å². The fraction of sp³-hybridized carbons (Fsp3) is 0.333. The van der Waals surface area contributed by atoms with Crippen LogP contribution in [0.15, 0.2) is 23.1 Å². The van der Waals surface area contributed by atoms with Gasteiger partial charge in [-0.25, -0.2) is 0 Å². The number of hydrogen-bond donors (Lipinski definition) is 1. The number of methoxy groups -OCH3 is 1. The van der Waals surface area contributed by atoms with Crippen LogP contribution in [0, 0.1) is 0 Å². The second kappa shape index (κ2) is 5.37. The molecule has 1 rings (SSSR count). The van der Waals surface area contributed by atoms with Crippen molar-refractivity contribution >= 4 is 24.2 Å². The van der Waals surface area contributed by atoms with Crippen molar-refractivity contribution in [1.82, 2.24) is 0 Å². The van der Waals surface area contributed by atoms with Crippen LogP contribution in [0.5, 0.6) is 5.75 Å². The first-order valence-electron chi connectivity index (χ1n) is 3.84. The number of halogens is 1. The number of benzene rings is 1. The van der Waals surface area contributed by atoms with Crippen LogP contribution in [-0.4, -0.2) is 20.3 Å². The molecule has 0 N–H and O–H groups in total. The van der Waals surface area contributed by atoms with Gasteiger partial charge in [0.2, 0.25) is 0 Å². The van der Waals surface area contributed by atoms with Crippen molar-refractivity contribution < 1.29 is 9.47 Å². The van der Waals surface area contributed by atoms with E-state index in [2.05, 4.69) is 12.6 Å². The van der Waals surface area contributed by atoms with Crippen molar-refractivity contribution in [3.63, 3.8) is 0 Å². The van der Waals surface area contributed by atoms with E-state index >= 15 is 0 Å². The molecular formula is C9H11ClO2S. The Hall–Kier alpha value is -0.380. The van der Waals surface area contributed by atoms with E-state index in [1.54, 1.807) is 19.2 Å². The number of hydrogen-bond acceptors (Lipinski definition) is 3. The van der Waals surface area contributed by atoms with E-state index in [1.807, 2.05) is 6.07 Å². The highest BCUT2D eigenvalue weighted by Crippen LogP contribution is 2.26. The van der Waals surface area contributed by atoms with Gasteiger partial charge in [-0.15, -0.1) is 12.6 Å². The molecule has 0 fully saturated rings. The van der Waals surface area contributed by atoms with Gasteiger partial charge in [0.15, 0.2) is 0 Å². The lowest BCUT2D eigenvalue weighted by molar-refractivity contribution is 0.146. The molecule has 0 saturated heterocycles. The summed E-state index contributed by atoms with van der Waals surface area (Å²) in [6.45, 7) is 1.04. The summed E-state index contributed by atoms with van der Waals surface area (Å²) in [5.74, 6) is 0.645. The Balaban J connectivity index is 2.59. The monoisotopic (exact) mass is 218 g/mol. The molecule has 2 nitrogen and oxygen atoms in total. The standard InChI is InChI=1S/C9H11ClO2S/c1-11-4-5-12-9-6-7(13)2-3-8(9)10/h2-3,6,13H,4-5H2,1H3. The summed E-state index contributed by atoms with van der Waals surface area (Å²) >= 11 is 10.1. The Morgan fingerprint density at radius 1 is 1.38 bits per heavy atom. The summed E-state index contributed by atoms with van der Waals surface area (Å²) in [7, 11) is 1.63. The van der Waals surface area contributed by atoms with Crippen LogP contribution >= 0.6 is 24.2 Å². The number of rotatable bonds is 4. The maximum atomic E-state index is 5.88. The molecule has 13 heavy (non-hydrogen) atoms. The molecule has 72 valence electrons. The SMILES string of the molecule is COCCOc1cc(S)ccc1Cl. The maximum absolute atomic E-state index is 5.88. The lowest BCUT2D eigenvalue weighted by Crippen LogP contribution is -2.04. The second-order valence-electron chi connectivity index (χ2n) is 2.46. The average molecular weight is 219 g/mol. The third-order valence-electron chi connectivity index (χ3n) is 1.46. The predicted octanol–water partition coefficient (Wildman–Crippen LogP) is 2.65. The molecule has 0 atom stereocenters. The number of thiol groups is 1. The van der Waals surface area contributed by atoms with Gasteiger partial charge in [-0.3, -0.25) is 0 Å². The van der Waals surface area contributed by atoms with Gasteiger partial charge in [-0.2, -0.15) is 0 Å². The van der Waals surface area contributed by atoms with Crippen molar-refractivity contribution in [2.75, 3.05) is 20.3 Å². The Bertz CT molecular complexity index is 278. The Labute approximate surface area is 88.2 Å². The molecule has 0 unspecified atom stereocenters. The van der Waals surface area contributed by atoms with Crippen molar-refractivity contribution in [3.8, 4) is 5.75 Å². The minimum Gasteiger partial charge on any atom is -0.490 e. The smallest absolute Gasteiger partial charge is 0.139 e. The van der Waals surface area contributed by atoms with Crippen LogP contribution in [-0.2, 0) is 4.74 Å². The molecule has 0 aliphatic carbocycles. The van der Waals surface area contributed by atoms with E-state index in [-0.39, 0.29) is 0 Å². The first-order valence-corrected chi connectivity index (χ1v) is 4.67. The minimum absolute atomic E-state index is 0.494. The Kier molecular flexibility index (Phi) is 4.42. The zero-order chi connectivity index (χ0) is 9.68. The van der Waals surface area contributed by atoms with E-state index in [1.165, 1.54) is 0 Å². The quantitative estimate of drug-likeness (QED) is 0.619. The lowest BCUT2D eigenvalue weighted by Gasteiger charge is -2.07. The summed E-state index contributed by atoms with van der Waals surface area (Å²) in [5, 5.41) is 0.592. The molecule has 0 aliphatic heterocycles. The van der Waals surface area contributed by atoms with Crippen LogP contribution in [0.2, 0.25) is 5.02 Å². The van der Waals surface area contributed by atoms with Gasteiger partial charge in [0, 0.05) is 12.0 Å². The Morgan fingerprint density at radius 2 is 2.15 bits per heavy atom. The second-order valence-corrected chi connectivity index (χ2v) is 3.38.